The fraction of sp³-hybridized carbons (Fsp3) is 0.286. The predicted octanol–water partition coefficient (Wildman–Crippen LogP) is 2.84. The normalized spacial score (nSPS) is 14.3. The molecule has 1 heterocycles. The second kappa shape index (κ2) is 8.86. The van der Waals surface area contributed by atoms with Crippen LogP contribution in [-0.2, 0) is 14.3 Å². The van der Waals surface area contributed by atoms with Crippen molar-refractivity contribution in [3.63, 3.8) is 0 Å². The van der Waals surface area contributed by atoms with E-state index in [9.17, 15) is 9.59 Å². The lowest BCUT2D eigenvalue weighted by Gasteiger charge is -2.23. The maximum absolute atomic E-state index is 12.8. The molecule has 0 saturated carbocycles. The van der Waals surface area contributed by atoms with Crippen molar-refractivity contribution >= 4 is 11.9 Å². The van der Waals surface area contributed by atoms with Crippen LogP contribution in [0.4, 0.5) is 0 Å². The molecule has 0 unspecified atom stereocenters. The lowest BCUT2D eigenvalue weighted by Crippen LogP contribution is -2.35. The average molecular weight is 364 g/mol. The number of carbonyl (C=O) groups excluding carboxylic acids is 2. The number of likely N-dealkylation sites (tertiary alicyclic amines) is 1. The largest absolute Gasteiger partial charge is 0.481 e. The molecule has 0 aromatic heterocycles. The third-order valence-electron chi connectivity index (χ3n) is 4.35. The van der Waals surface area contributed by atoms with Gasteiger partial charge in [-0.2, -0.15) is 5.26 Å². The molecule has 27 heavy (non-hydrogen) atoms. The molecule has 1 aliphatic heterocycles. The van der Waals surface area contributed by atoms with E-state index in [2.05, 4.69) is 0 Å². The molecule has 3 rings (SSSR count). The minimum absolute atomic E-state index is 0.218. The molecule has 1 fully saturated rings. The summed E-state index contributed by atoms with van der Waals surface area (Å²) in [6.45, 7) is 0.965. The highest BCUT2D eigenvalue weighted by Crippen LogP contribution is 2.23. The molecule has 0 N–H and O–H groups in total. The standard InChI is InChI=1S/C21H20N2O4/c22-14-17-10-4-5-11-18(17)26-15-19(24)27-20(16-8-2-1-3-9-16)21(25)23-12-6-7-13-23/h1-5,8-11,20H,6-7,12-13,15H2/t20-/m1/s1. The molecule has 0 bridgehead atoms. The third kappa shape index (κ3) is 4.64. The third-order valence-corrected chi connectivity index (χ3v) is 4.35. The monoisotopic (exact) mass is 364 g/mol. The van der Waals surface area contributed by atoms with E-state index in [-0.39, 0.29) is 12.5 Å². The average Bonchev–Trinajstić information content (AvgIpc) is 3.25. The highest BCUT2D eigenvalue weighted by Gasteiger charge is 2.31. The second-order valence-corrected chi connectivity index (χ2v) is 6.21. The summed E-state index contributed by atoms with van der Waals surface area (Å²) in [5.41, 5.74) is 0.957. The summed E-state index contributed by atoms with van der Waals surface area (Å²) in [7, 11) is 0. The summed E-state index contributed by atoms with van der Waals surface area (Å²) in [6.07, 6.45) is 0.913. The van der Waals surface area contributed by atoms with E-state index < -0.39 is 12.1 Å². The van der Waals surface area contributed by atoms with Crippen molar-refractivity contribution in [2.75, 3.05) is 19.7 Å². The highest BCUT2D eigenvalue weighted by atomic mass is 16.6. The number of nitriles is 1. The van der Waals surface area contributed by atoms with Gasteiger partial charge in [0.1, 0.15) is 11.8 Å². The lowest BCUT2D eigenvalue weighted by atomic mass is 10.1. The summed E-state index contributed by atoms with van der Waals surface area (Å²) in [4.78, 5) is 26.9. The second-order valence-electron chi connectivity index (χ2n) is 6.21. The van der Waals surface area contributed by atoms with Crippen LogP contribution in [-0.4, -0.2) is 36.5 Å². The van der Waals surface area contributed by atoms with Crippen molar-refractivity contribution < 1.29 is 19.1 Å². The van der Waals surface area contributed by atoms with Gasteiger partial charge in [-0.1, -0.05) is 42.5 Å². The van der Waals surface area contributed by atoms with Gasteiger partial charge in [0.25, 0.3) is 5.91 Å². The van der Waals surface area contributed by atoms with Crippen molar-refractivity contribution in [1.82, 2.24) is 4.90 Å². The molecule has 6 heteroatoms. The first-order valence-electron chi connectivity index (χ1n) is 8.84. The van der Waals surface area contributed by atoms with Crippen LogP contribution in [0.1, 0.15) is 30.1 Å². The van der Waals surface area contributed by atoms with Gasteiger partial charge in [0.15, 0.2) is 6.61 Å². The molecule has 2 aromatic carbocycles. The van der Waals surface area contributed by atoms with Gasteiger partial charge in [-0.25, -0.2) is 4.79 Å². The van der Waals surface area contributed by atoms with E-state index >= 15 is 0 Å². The van der Waals surface area contributed by atoms with Crippen LogP contribution in [0.3, 0.4) is 0 Å². The topological polar surface area (TPSA) is 79.6 Å². The number of hydrogen-bond acceptors (Lipinski definition) is 5. The van der Waals surface area contributed by atoms with Gasteiger partial charge in [-0.15, -0.1) is 0 Å². The van der Waals surface area contributed by atoms with Crippen molar-refractivity contribution in [3.8, 4) is 11.8 Å². The first kappa shape index (κ1) is 18.5. The van der Waals surface area contributed by atoms with Crippen molar-refractivity contribution in [2.45, 2.75) is 18.9 Å². The maximum Gasteiger partial charge on any atom is 0.345 e. The zero-order valence-electron chi connectivity index (χ0n) is 14.8. The number of benzene rings is 2. The first-order valence-corrected chi connectivity index (χ1v) is 8.84. The van der Waals surface area contributed by atoms with Gasteiger partial charge in [0.05, 0.1) is 5.56 Å². The van der Waals surface area contributed by atoms with Crippen molar-refractivity contribution in [2.24, 2.45) is 0 Å². The van der Waals surface area contributed by atoms with E-state index in [1.54, 1.807) is 53.4 Å². The molecule has 0 radical (unpaired) electrons. The maximum atomic E-state index is 12.8. The molecule has 2 aromatic rings. The summed E-state index contributed by atoms with van der Waals surface area (Å²) in [5, 5.41) is 9.08. The molecular formula is C21H20N2O4. The summed E-state index contributed by atoms with van der Waals surface area (Å²) < 4.78 is 10.9. The molecular weight excluding hydrogens is 344 g/mol. The van der Waals surface area contributed by atoms with Gasteiger partial charge < -0.3 is 14.4 Å². The Hall–Kier alpha value is -3.33. The highest BCUT2D eigenvalue weighted by molar-refractivity contribution is 5.85. The van der Waals surface area contributed by atoms with Crippen LogP contribution in [0.25, 0.3) is 0 Å². The number of ether oxygens (including phenoxy) is 2. The van der Waals surface area contributed by atoms with Crippen LogP contribution < -0.4 is 4.74 Å². The SMILES string of the molecule is N#Cc1ccccc1OCC(=O)O[C@@H](C(=O)N1CCCC1)c1ccccc1. The number of para-hydroxylation sites is 1. The van der Waals surface area contributed by atoms with Crippen LogP contribution in [0.5, 0.6) is 5.75 Å². The van der Waals surface area contributed by atoms with Crippen LogP contribution in [0, 0.1) is 11.3 Å². The summed E-state index contributed by atoms with van der Waals surface area (Å²) in [6, 6.07) is 17.6. The Kier molecular flexibility index (Phi) is 6.06. The smallest absolute Gasteiger partial charge is 0.345 e. The number of hydrogen-bond donors (Lipinski definition) is 0. The Bertz CT molecular complexity index is 839. The summed E-state index contributed by atoms with van der Waals surface area (Å²) in [5.74, 6) is -0.576. The van der Waals surface area contributed by atoms with Crippen molar-refractivity contribution in [1.29, 1.82) is 5.26 Å². The molecule has 0 spiro atoms. The first-order chi connectivity index (χ1) is 13.2. The quantitative estimate of drug-likeness (QED) is 0.737. The molecule has 1 amide bonds. The number of rotatable bonds is 6. The Morgan fingerprint density at radius 1 is 1.04 bits per heavy atom. The van der Waals surface area contributed by atoms with Gasteiger partial charge in [0.2, 0.25) is 6.10 Å². The Morgan fingerprint density at radius 2 is 1.70 bits per heavy atom. The molecule has 6 nitrogen and oxygen atoms in total. The minimum Gasteiger partial charge on any atom is -0.481 e. The van der Waals surface area contributed by atoms with E-state index in [1.807, 2.05) is 12.1 Å². The minimum atomic E-state index is -0.994. The van der Waals surface area contributed by atoms with Gasteiger partial charge >= 0.3 is 5.97 Å². The Morgan fingerprint density at radius 3 is 2.41 bits per heavy atom. The predicted molar refractivity (Wildman–Crippen MR) is 97.7 cm³/mol. The fourth-order valence-electron chi connectivity index (χ4n) is 2.98. The fourth-order valence-corrected chi connectivity index (χ4v) is 2.98. The van der Waals surface area contributed by atoms with Crippen LogP contribution >= 0.6 is 0 Å². The van der Waals surface area contributed by atoms with E-state index in [0.29, 0.717) is 30.0 Å². The Labute approximate surface area is 157 Å². The van der Waals surface area contributed by atoms with Crippen molar-refractivity contribution in [3.05, 3.63) is 65.7 Å². The number of esters is 1. The number of carbonyl (C=O) groups is 2. The number of nitrogens with zero attached hydrogens (tertiary/aromatic N) is 2. The van der Waals surface area contributed by atoms with Gasteiger partial charge in [0, 0.05) is 18.7 Å². The molecule has 0 aliphatic carbocycles. The van der Waals surface area contributed by atoms with Gasteiger partial charge in [-0.3, -0.25) is 4.79 Å². The Balaban J connectivity index is 1.69. The van der Waals surface area contributed by atoms with E-state index in [0.717, 1.165) is 12.8 Å². The van der Waals surface area contributed by atoms with Crippen LogP contribution in [0.15, 0.2) is 54.6 Å². The van der Waals surface area contributed by atoms with Gasteiger partial charge in [-0.05, 0) is 25.0 Å². The van der Waals surface area contributed by atoms with Crippen LogP contribution in [0.2, 0.25) is 0 Å². The lowest BCUT2D eigenvalue weighted by molar-refractivity contribution is -0.162. The number of amides is 1. The molecule has 1 saturated heterocycles. The van der Waals surface area contributed by atoms with E-state index in [1.165, 1.54) is 0 Å². The summed E-state index contributed by atoms with van der Waals surface area (Å²) >= 11 is 0. The molecule has 1 atom stereocenters. The zero-order valence-corrected chi connectivity index (χ0v) is 14.8. The molecule has 1 aliphatic rings. The van der Waals surface area contributed by atoms with E-state index in [4.69, 9.17) is 14.7 Å². The molecule has 138 valence electrons. The zero-order chi connectivity index (χ0) is 19.1.